The van der Waals surface area contributed by atoms with E-state index in [0.717, 1.165) is 37.0 Å². The molecule has 1 fully saturated rings. The zero-order chi connectivity index (χ0) is 20.5. The molecule has 7 heteroatoms. The van der Waals surface area contributed by atoms with Gasteiger partial charge in [0.1, 0.15) is 17.4 Å². The summed E-state index contributed by atoms with van der Waals surface area (Å²) in [4.78, 5) is 2.31. The molecule has 2 aromatic heterocycles. The van der Waals surface area contributed by atoms with Crippen molar-refractivity contribution in [3.05, 3.63) is 34.7 Å². The number of nitrogens with zero attached hydrogens (tertiary/aromatic N) is 2. The monoisotopic (exact) mass is 393 g/mol. The Labute approximate surface area is 168 Å². The van der Waals surface area contributed by atoms with Crippen LogP contribution in [0.4, 0.5) is 0 Å². The van der Waals surface area contributed by atoms with Gasteiger partial charge in [-0.05, 0) is 38.3 Å². The van der Waals surface area contributed by atoms with E-state index in [-0.39, 0.29) is 11.1 Å². The van der Waals surface area contributed by atoms with Crippen molar-refractivity contribution < 1.29 is 18.3 Å². The Hall–Kier alpha value is -3.40. The lowest BCUT2D eigenvalue weighted by Gasteiger charge is -2.29. The number of methoxy groups -OCH3 is 2. The molecule has 0 amide bonds. The molecule has 1 N–H and O–H groups in total. The van der Waals surface area contributed by atoms with Crippen LogP contribution in [0, 0.1) is 16.7 Å². The Bertz CT molecular complexity index is 1210. The van der Waals surface area contributed by atoms with E-state index in [2.05, 4.69) is 11.0 Å². The van der Waals surface area contributed by atoms with E-state index < -0.39 is 0 Å². The van der Waals surface area contributed by atoms with Gasteiger partial charge in [-0.2, -0.15) is 5.26 Å². The predicted octanol–water partition coefficient (Wildman–Crippen LogP) is 4.39. The summed E-state index contributed by atoms with van der Waals surface area (Å²) in [5.41, 5.74) is 2.39. The van der Waals surface area contributed by atoms with E-state index in [1.165, 1.54) is 13.5 Å². The van der Waals surface area contributed by atoms with Crippen molar-refractivity contribution in [2.24, 2.45) is 0 Å². The summed E-state index contributed by atoms with van der Waals surface area (Å²) in [5.74, 6) is 0.909. The number of piperidine rings is 1. The molecule has 0 radical (unpaired) electrons. The number of fused-ring (bicyclic) bond motifs is 2. The molecule has 0 spiro atoms. The number of rotatable bonds is 4. The molecule has 0 saturated carbocycles. The predicted molar refractivity (Wildman–Crippen MR) is 109 cm³/mol. The highest BCUT2D eigenvalue weighted by atomic mass is 16.5. The van der Waals surface area contributed by atoms with Gasteiger partial charge in [0, 0.05) is 24.4 Å². The minimum absolute atomic E-state index is 0.164. The lowest BCUT2D eigenvalue weighted by Crippen LogP contribution is -2.27. The van der Waals surface area contributed by atoms with E-state index in [4.69, 9.17) is 23.7 Å². The van der Waals surface area contributed by atoms with Crippen LogP contribution in [0.5, 0.6) is 11.5 Å². The maximum Gasteiger partial charge on any atom is 0.230 e. The van der Waals surface area contributed by atoms with Crippen LogP contribution in [0.1, 0.15) is 37.3 Å². The molecule has 150 valence electrons. The molecular weight excluding hydrogens is 370 g/mol. The first-order valence-corrected chi connectivity index (χ1v) is 9.60. The van der Waals surface area contributed by atoms with E-state index in [1.807, 2.05) is 13.0 Å². The van der Waals surface area contributed by atoms with Gasteiger partial charge in [0.25, 0.3) is 0 Å². The molecule has 3 aromatic rings. The van der Waals surface area contributed by atoms with Gasteiger partial charge in [-0.1, -0.05) is 0 Å². The number of furan rings is 1. The smallest absolute Gasteiger partial charge is 0.230 e. The van der Waals surface area contributed by atoms with Crippen LogP contribution in [0.3, 0.4) is 0 Å². The maximum atomic E-state index is 9.78. The number of hydrogen-bond donors (Lipinski definition) is 1. The summed E-state index contributed by atoms with van der Waals surface area (Å²) in [7, 11) is 3.09. The first-order chi connectivity index (χ1) is 14.1. The number of allylic oxidation sites excluding steroid dienone is 1. The van der Waals surface area contributed by atoms with Crippen molar-refractivity contribution in [1.82, 2.24) is 4.90 Å². The van der Waals surface area contributed by atoms with Crippen molar-refractivity contribution >= 4 is 28.0 Å². The van der Waals surface area contributed by atoms with Gasteiger partial charge < -0.3 is 23.2 Å². The lowest BCUT2D eigenvalue weighted by atomic mass is 10.00. The number of ether oxygens (including phenoxy) is 2. The third-order valence-corrected chi connectivity index (χ3v) is 5.47. The Kier molecular flexibility index (Phi) is 4.93. The van der Waals surface area contributed by atoms with E-state index in [0.29, 0.717) is 33.6 Å². The normalized spacial score (nSPS) is 15.0. The van der Waals surface area contributed by atoms with Crippen LogP contribution < -0.4 is 15.0 Å². The van der Waals surface area contributed by atoms with Crippen molar-refractivity contribution in [2.75, 3.05) is 27.3 Å². The Morgan fingerprint density at radius 3 is 2.55 bits per heavy atom. The molecule has 1 aromatic carbocycles. The molecule has 0 aliphatic carbocycles. The molecule has 1 saturated heterocycles. The minimum atomic E-state index is -0.219. The molecule has 7 nitrogen and oxygen atoms in total. The molecule has 0 atom stereocenters. The van der Waals surface area contributed by atoms with Gasteiger partial charge in [-0.3, -0.25) is 5.41 Å². The van der Waals surface area contributed by atoms with Crippen LogP contribution in [-0.4, -0.2) is 32.2 Å². The second-order valence-electron chi connectivity index (χ2n) is 7.10. The summed E-state index contributed by atoms with van der Waals surface area (Å²) >= 11 is 0. The van der Waals surface area contributed by atoms with E-state index in [9.17, 15) is 5.26 Å². The number of nitrogens with one attached hydrogen (secondary N) is 1. The third kappa shape index (κ3) is 3.01. The van der Waals surface area contributed by atoms with Gasteiger partial charge in [-0.15, -0.1) is 0 Å². The SMILES string of the molecule is COc1c2occc2c(OC)c2c(/C=C(\C)N3CCCCC3)c(C#N)c(=N)oc12. The molecule has 0 unspecified atom stereocenters. The first kappa shape index (κ1) is 18.9. The van der Waals surface area contributed by atoms with Crippen molar-refractivity contribution in [3.63, 3.8) is 0 Å². The Morgan fingerprint density at radius 1 is 1.17 bits per heavy atom. The van der Waals surface area contributed by atoms with Gasteiger partial charge in [0.15, 0.2) is 11.2 Å². The number of hydrogen-bond acceptors (Lipinski definition) is 7. The van der Waals surface area contributed by atoms with Gasteiger partial charge in [0.05, 0.1) is 31.3 Å². The van der Waals surface area contributed by atoms with Crippen LogP contribution in [0.25, 0.3) is 28.0 Å². The second-order valence-corrected chi connectivity index (χ2v) is 7.10. The van der Waals surface area contributed by atoms with Gasteiger partial charge in [0.2, 0.25) is 11.3 Å². The molecule has 4 rings (SSSR count). The average Bonchev–Trinajstić information content (AvgIpc) is 3.22. The number of nitriles is 1. The van der Waals surface area contributed by atoms with Crippen molar-refractivity contribution in [1.29, 1.82) is 10.7 Å². The standard InChI is InChI=1S/C22H23N3O4/c1-13(25-8-5-4-6-9-25)11-15-16(12-23)22(24)29-20-17(15)18(26-2)14-7-10-28-19(14)21(20)27-3/h7,10-11,24H,4-6,8-9H2,1-3H3/b13-11+,24-22?. The number of likely N-dealkylation sites (tertiary alicyclic amines) is 1. The van der Waals surface area contributed by atoms with E-state index in [1.54, 1.807) is 19.4 Å². The second kappa shape index (κ2) is 7.55. The zero-order valence-electron chi connectivity index (χ0n) is 16.8. The fourth-order valence-electron chi connectivity index (χ4n) is 4.06. The Balaban J connectivity index is 2.11. The minimum Gasteiger partial charge on any atom is -0.495 e. The number of benzene rings is 1. The highest BCUT2D eigenvalue weighted by Crippen LogP contribution is 2.45. The van der Waals surface area contributed by atoms with Crippen LogP contribution in [0.15, 0.2) is 26.9 Å². The third-order valence-electron chi connectivity index (χ3n) is 5.47. The lowest BCUT2D eigenvalue weighted by molar-refractivity contribution is 0.288. The molecule has 3 heterocycles. The van der Waals surface area contributed by atoms with Crippen molar-refractivity contribution in [2.45, 2.75) is 26.2 Å². The molecular formula is C22H23N3O4. The van der Waals surface area contributed by atoms with E-state index >= 15 is 0 Å². The average molecular weight is 393 g/mol. The fraction of sp³-hybridized carbons (Fsp3) is 0.364. The van der Waals surface area contributed by atoms with Crippen LogP contribution in [0.2, 0.25) is 0 Å². The maximum absolute atomic E-state index is 9.78. The molecule has 1 aliphatic rings. The van der Waals surface area contributed by atoms with Crippen molar-refractivity contribution in [3.8, 4) is 17.6 Å². The first-order valence-electron chi connectivity index (χ1n) is 9.60. The fourth-order valence-corrected chi connectivity index (χ4v) is 4.06. The summed E-state index contributed by atoms with van der Waals surface area (Å²) in [5, 5.41) is 19.4. The van der Waals surface area contributed by atoms with Crippen LogP contribution >= 0.6 is 0 Å². The van der Waals surface area contributed by atoms with Gasteiger partial charge >= 0.3 is 0 Å². The highest BCUT2D eigenvalue weighted by Gasteiger charge is 2.25. The summed E-state index contributed by atoms with van der Waals surface area (Å²) < 4.78 is 22.6. The molecule has 0 bridgehead atoms. The van der Waals surface area contributed by atoms with Crippen LogP contribution in [-0.2, 0) is 0 Å². The highest BCUT2D eigenvalue weighted by molar-refractivity contribution is 6.10. The molecule has 29 heavy (non-hydrogen) atoms. The zero-order valence-corrected chi connectivity index (χ0v) is 16.8. The summed E-state index contributed by atoms with van der Waals surface area (Å²) in [6.07, 6.45) is 7.04. The van der Waals surface area contributed by atoms with Gasteiger partial charge in [-0.25, -0.2) is 0 Å². The molecule has 1 aliphatic heterocycles. The largest absolute Gasteiger partial charge is 0.495 e. The Morgan fingerprint density at radius 2 is 1.90 bits per heavy atom. The topological polar surface area (TPSA) is 95.6 Å². The quantitative estimate of drug-likeness (QED) is 0.706. The summed E-state index contributed by atoms with van der Waals surface area (Å²) in [6.45, 7) is 4.01. The summed E-state index contributed by atoms with van der Waals surface area (Å²) in [6, 6.07) is 3.92.